The number of aryl methyl sites for hydroxylation is 1. The van der Waals surface area contributed by atoms with Gasteiger partial charge in [-0.1, -0.05) is 27.7 Å². The second-order valence-corrected chi connectivity index (χ2v) is 6.86. The molecule has 1 N–H and O–H groups in total. The fourth-order valence-corrected chi connectivity index (χ4v) is 2.70. The number of hydrogen-bond donors (Lipinski definition) is 1. The molecule has 0 amide bonds. The van der Waals surface area contributed by atoms with Crippen LogP contribution >= 0.6 is 0 Å². The quantitative estimate of drug-likeness (QED) is 0.894. The van der Waals surface area contributed by atoms with Crippen molar-refractivity contribution >= 4 is 0 Å². The average molecular weight is 280 g/mol. The minimum Gasteiger partial charge on any atom is -0.312 e. The van der Waals surface area contributed by atoms with Gasteiger partial charge < -0.3 is 5.32 Å². The summed E-state index contributed by atoms with van der Waals surface area (Å²) in [6.45, 7) is 11.3. The first-order valence-corrected chi connectivity index (χ1v) is 7.83. The Balaban J connectivity index is 2.18. The van der Waals surface area contributed by atoms with Crippen molar-refractivity contribution < 1.29 is 0 Å². The van der Waals surface area contributed by atoms with Crippen molar-refractivity contribution in [1.82, 2.24) is 19.7 Å². The maximum absolute atomic E-state index is 12.4. The van der Waals surface area contributed by atoms with Gasteiger partial charge in [0.2, 0.25) is 0 Å². The lowest BCUT2D eigenvalue weighted by Gasteiger charge is -2.31. The molecule has 1 unspecified atom stereocenters. The number of hydrogen-bond acceptors (Lipinski definition) is 3. The van der Waals surface area contributed by atoms with Crippen LogP contribution in [0.4, 0.5) is 0 Å². The highest BCUT2D eigenvalue weighted by molar-refractivity contribution is 4.92. The molecule has 0 spiro atoms. The van der Waals surface area contributed by atoms with Crippen LogP contribution < -0.4 is 11.0 Å². The summed E-state index contributed by atoms with van der Waals surface area (Å²) in [5.41, 5.74) is 0.172. The largest absolute Gasteiger partial charge is 0.345 e. The van der Waals surface area contributed by atoms with Crippen LogP contribution in [0.3, 0.4) is 0 Å². The summed E-state index contributed by atoms with van der Waals surface area (Å²) in [7, 11) is 0. The van der Waals surface area contributed by atoms with Gasteiger partial charge in [0, 0.05) is 19.0 Å². The summed E-state index contributed by atoms with van der Waals surface area (Å²) in [6.07, 6.45) is 4.27. The lowest BCUT2D eigenvalue weighted by molar-refractivity contribution is 0.233. The van der Waals surface area contributed by atoms with Crippen LogP contribution in [0, 0.1) is 5.41 Å². The molecular formula is C15H28N4O. The molecule has 20 heavy (non-hydrogen) atoms. The Labute approximate surface area is 121 Å². The molecule has 5 nitrogen and oxygen atoms in total. The van der Waals surface area contributed by atoms with E-state index in [0.717, 1.165) is 44.6 Å². The maximum atomic E-state index is 12.4. The SMILES string of the molecule is CCCNC(Cn1nc2n(c1=O)CCCC2)C(C)(C)C. The molecule has 0 aromatic carbocycles. The highest BCUT2D eigenvalue weighted by Gasteiger charge is 2.26. The normalized spacial score (nSPS) is 17.0. The van der Waals surface area contributed by atoms with Gasteiger partial charge >= 0.3 is 5.69 Å². The van der Waals surface area contributed by atoms with Gasteiger partial charge in [-0.05, 0) is 31.2 Å². The first kappa shape index (κ1) is 15.3. The van der Waals surface area contributed by atoms with Crippen LogP contribution in [-0.4, -0.2) is 26.9 Å². The van der Waals surface area contributed by atoms with Gasteiger partial charge in [-0.2, -0.15) is 5.10 Å². The third-order valence-electron chi connectivity index (χ3n) is 4.07. The van der Waals surface area contributed by atoms with Crippen molar-refractivity contribution in [2.75, 3.05) is 6.54 Å². The van der Waals surface area contributed by atoms with E-state index in [9.17, 15) is 4.79 Å². The summed E-state index contributed by atoms with van der Waals surface area (Å²) in [5.74, 6) is 0.962. The summed E-state index contributed by atoms with van der Waals surface area (Å²) in [4.78, 5) is 12.4. The average Bonchev–Trinajstić information content (AvgIpc) is 2.70. The Morgan fingerprint density at radius 3 is 2.70 bits per heavy atom. The number of fused-ring (bicyclic) bond motifs is 1. The zero-order valence-electron chi connectivity index (χ0n) is 13.3. The van der Waals surface area contributed by atoms with E-state index in [-0.39, 0.29) is 17.1 Å². The number of aromatic nitrogens is 3. The Morgan fingerprint density at radius 2 is 2.10 bits per heavy atom. The lowest BCUT2D eigenvalue weighted by Crippen LogP contribution is -2.45. The monoisotopic (exact) mass is 280 g/mol. The topological polar surface area (TPSA) is 51.9 Å². The standard InChI is InChI=1S/C15H28N4O/c1-5-9-16-12(15(2,3)4)11-19-14(20)18-10-7-6-8-13(18)17-19/h12,16H,5-11H2,1-4H3. The first-order valence-electron chi connectivity index (χ1n) is 7.83. The Hall–Kier alpha value is -1.10. The predicted molar refractivity (Wildman–Crippen MR) is 81.0 cm³/mol. The maximum Gasteiger partial charge on any atom is 0.345 e. The van der Waals surface area contributed by atoms with Gasteiger partial charge in [-0.3, -0.25) is 4.57 Å². The second kappa shape index (κ2) is 6.12. The third kappa shape index (κ3) is 3.32. The van der Waals surface area contributed by atoms with Crippen molar-refractivity contribution in [2.24, 2.45) is 5.41 Å². The van der Waals surface area contributed by atoms with E-state index < -0.39 is 0 Å². The molecule has 0 saturated carbocycles. The van der Waals surface area contributed by atoms with E-state index in [4.69, 9.17) is 0 Å². The molecule has 2 heterocycles. The molecule has 1 aromatic heterocycles. The van der Waals surface area contributed by atoms with E-state index >= 15 is 0 Å². The number of rotatable bonds is 5. The van der Waals surface area contributed by atoms with Crippen LogP contribution in [0.1, 0.15) is 52.8 Å². The molecule has 2 rings (SSSR count). The predicted octanol–water partition coefficient (Wildman–Crippen LogP) is 1.80. The molecule has 1 aromatic rings. The van der Waals surface area contributed by atoms with Gasteiger partial charge in [-0.25, -0.2) is 9.48 Å². The molecule has 1 aliphatic rings. The van der Waals surface area contributed by atoms with E-state index in [1.165, 1.54) is 0 Å². The summed E-state index contributed by atoms with van der Waals surface area (Å²) in [5, 5.41) is 8.10. The molecule has 114 valence electrons. The second-order valence-electron chi connectivity index (χ2n) is 6.86. The van der Waals surface area contributed by atoms with Crippen LogP contribution in [0.15, 0.2) is 4.79 Å². The zero-order valence-corrected chi connectivity index (χ0v) is 13.3. The van der Waals surface area contributed by atoms with Gasteiger partial charge in [0.1, 0.15) is 5.82 Å². The first-order chi connectivity index (χ1) is 9.43. The van der Waals surface area contributed by atoms with Crippen molar-refractivity contribution in [3.63, 3.8) is 0 Å². The molecule has 1 aliphatic heterocycles. The van der Waals surface area contributed by atoms with E-state index in [1.807, 2.05) is 4.57 Å². The van der Waals surface area contributed by atoms with E-state index in [0.29, 0.717) is 6.54 Å². The molecule has 0 bridgehead atoms. The lowest BCUT2D eigenvalue weighted by atomic mass is 9.86. The van der Waals surface area contributed by atoms with E-state index in [1.54, 1.807) is 4.68 Å². The smallest absolute Gasteiger partial charge is 0.312 e. The van der Waals surface area contributed by atoms with Crippen LogP contribution in [0.5, 0.6) is 0 Å². The van der Waals surface area contributed by atoms with Crippen LogP contribution in [0.25, 0.3) is 0 Å². The summed E-state index contributed by atoms with van der Waals surface area (Å²) in [6, 6.07) is 0.261. The summed E-state index contributed by atoms with van der Waals surface area (Å²) < 4.78 is 3.52. The van der Waals surface area contributed by atoms with Crippen molar-refractivity contribution in [3.8, 4) is 0 Å². The fraction of sp³-hybridized carbons (Fsp3) is 0.867. The van der Waals surface area contributed by atoms with Gasteiger partial charge in [0.15, 0.2) is 0 Å². The number of nitrogens with one attached hydrogen (secondary N) is 1. The van der Waals surface area contributed by atoms with Gasteiger partial charge in [0.25, 0.3) is 0 Å². The molecule has 0 fully saturated rings. The highest BCUT2D eigenvalue weighted by Crippen LogP contribution is 2.20. The van der Waals surface area contributed by atoms with Crippen molar-refractivity contribution in [3.05, 3.63) is 16.3 Å². The summed E-state index contributed by atoms with van der Waals surface area (Å²) >= 11 is 0. The minimum atomic E-state index is 0.0623. The van der Waals surface area contributed by atoms with E-state index in [2.05, 4.69) is 38.1 Å². The fourth-order valence-electron chi connectivity index (χ4n) is 2.70. The minimum absolute atomic E-state index is 0.0623. The van der Waals surface area contributed by atoms with Crippen LogP contribution in [-0.2, 0) is 19.5 Å². The zero-order chi connectivity index (χ0) is 14.8. The Kier molecular flexibility index (Phi) is 4.68. The molecule has 0 aliphatic carbocycles. The van der Waals surface area contributed by atoms with Gasteiger partial charge in [-0.15, -0.1) is 0 Å². The molecular weight excluding hydrogens is 252 g/mol. The molecule has 0 saturated heterocycles. The highest BCUT2D eigenvalue weighted by atomic mass is 16.2. The van der Waals surface area contributed by atoms with Crippen LogP contribution in [0.2, 0.25) is 0 Å². The molecule has 1 atom stereocenters. The molecule has 0 radical (unpaired) electrons. The Bertz CT molecular complexity index is 495. The van der Waals surface area contributed by atoms with Crippen molar-refractivity contribution in [1.29, 1.82) is 0 Å². The van der Waals surface area contributed by atoms with Gasteiger partial charge in [0.05, 0.1) is 6.54 Å². The third-order valence-corrected chi connectivity index (χ3v) is 4.07. The molecule has 5 heteroatoms. The Morgan fingerprint density at radius 1 is 1.35 bits per heavy atom. The van der Waals surface area contributed by atoms with Crippen molar-refractivity contribution in [2.45, 2.75) is 72.5 Å². The number of nitrogens with zero attached hydrogens (tertiary/aromatic N) is 3.